The largest absolute Gasteiger partial charge is 0.316 e. The fourth-order valence-corrected chi connectivity index (χ4v) is 4.99. The van der Waals surface area contributed by atoms with Crippen LogP contribution in [0.2, 0.25) is 0 Å². The van der Waals surface area contributed by atoms with E-state index in [4.69, 9.17) is 0 Å². The molecule has 2 aliphatic heterocycles. The number of hydrogen-bond acceptors (Lipinski definition) is 2. The van der Waals surface area contributed by atoms with E-state index >= 15 is 0 Å². The van der Waals surface area contributed by atoms with Crippen LogP contribution in [0.4, 0.5) is 0 Å². The van der Waals surface area contributed by atoms with Crippen LogP contribution in [-0.2, 0) is 0 Å². The number of rotatable bonds is 2. The van der Waals surface area contributed by atoms with Crippen LogP contribution in [0.3, 0.4) is 0 Å². The summed E-state index contributed by atoms with van der Waals surface area (Å²) in [6.07, 6.45) is 8.55. The predicted octanol–water partition coefficient (Wildman–Crippen LogP) is 3.28. The Balaban J connectivity index is 1.68. The van der Waals surface area contributed by atoms with E-state index in [2.05, 4.69) is 31.0 Å². The lowest BCUT2D eigenvalue weighted by Gasteiger charge is -2.34. The van der Waals surface area contributed by atoms with Gasteiger partial charge in [-0.1, -0.05) is 27.2 Å². The summed E-state index contributed by atoms with van der Waals surface area (Å²) in [5.74, 6) is 1.89. The van der Waals surface area contributed by atoms with E-state index in [1.165, 1.54) is 58.2 Å². The van der Waals surface area contributed by atoms with E-state index in [-0.39, 0.29) is 0 Å². The second-order valence-corrected chi connectivity index (χ2v) is 8.00. The third-order valence-corrected chi connectivity index (χ3v) is 6.19. The highest BCUT2D eigenvalue weighted by Gasteiger charge is 2.45. The van der Waals surface area contributed by atoms with Gasteiger partial charge in [0.25, 0.3) is 0 Å². The SMILES string of the molecule is CCC1C2CNCC2CN1C1CCCC(C)(C)CC1. The lowest BCUT2D eigenvalue weighted by molar-refractivity contribution is 0.138. The molecular weight excluding hydrogens is 232 g/mol. The highest BCUT2D eigenvalue weighted by molar-refractivity contribution is 5.00. The molecular formula is C17H32N2. The van der Waals surface area contributed by atoms with Crippen molar-refractivity contribution >= 4 is 0 Å². The number of nitrogens with one attached hydrogen (secondary N) is 1. The first-order valence-corrected chi connectivity index (χ1v) is 8.57. The first kappa shape index (κ1) is 13.9. The van der Waals surface area contributed by atoms with Crippen molar-refractivity contribution in [1.29, 1.82) is 0 Å². The molecule has 3 aliphatic rings. The average molecular weight is 264 g/mol. The van der Waals surface area contributed by atoms with Gasteiger partial charge in [-0.25, -0.2) is 0 Å². The van der Waals surface area contributed by atoms with Crippen molar-refractivity contribution < 1.29 is 0 Å². The lowest BCUT2D eigenvalue weighted by Crippen LogP contribution is -2.42. The summed E-state index contributed by atoms with van der Waals surface area (Å²) in [7, 11) is 0. The molecule has 3 fully saturated rings. The average Bonchev–Trinajstić information content (AvgIpc) is 2.88. The molecule has 19 heavy (non-hydrogen) atoms. The van der Waals surface area contributed by atoms with Crippen LogP contribution >= 0.6 is 0 Å². The zero-order valence-electron chi connectivity index (χ0n) is 13.1. The highest BCUT2D eigenvalue weighted by Crippen LogP contribution is 2.41. The van der Waals surface area contributed by atoms with Gasteiger partial charge in [-0.2, -0.15) is 0 Å². The smallest absolute Gasteiger partial charge is 0.0140 e. The summed E-state index contributed by atoms with van der Waals surface area (Å²) >= 11 is 0. The van der Waals surface area contributed by atoms with Crippen molar-refractivity contribution in [2.24, 2.45) is 17.3 Å². The van der Waals surface area contributed by atoms with Crippen LogP contribution in [0.25, 0.3) is 0 Å². The third-order valence-electron chi connectivity index (χ3n) is 6.19. The van der Waals surface area contributed by atoms with E-state index in [0.717, 1.165) is 23.9 Å². The maximum absolute atomic E-state index is 3.61. The third kappa shape index (κ3) is 2.71. The van der Waals surface area contributed by atoms with Gasteiger partial charge in [0.15, 0.2) is 0 Å². The molecule has 2 nitrogen and oxygen atoms in total. The summed E-state index contributed by atoms with van der Waals surface area (Å²) in [4.78, 5) is 2.93. The van der Waals surface area contributed by atoms with Gasteiger partial charge in [0.1, 0.15) is 0 Å². The molecule has 2 saturated heterocycles. The Bertz CT molecular complexity index is 312. The van der Waals surface area contributed by atoms with E-state index in [0.29, 0.717) is 5.41 Å². The normalized spacial score (nSPS) is 43.1. The van der Waals surface area contributed by atoms with Gasteiger partial charge in [0, 0.05) is 18.6 Å². The van der Waals surface area contributed by atoms with Gasteiger partial charge >= 0.3 is 0 Å². The monoisotopic (exact) mass is 264 g/mol. The maximum atomic E-state index is 3.61. The molecule has 4 atom stereocenters. The fraction of sp³-hybridized carbons (Fsp3) is 1.00. The van der Waals surface area contributed by atoms with E-state index in [9.17, 15) is 0 Å². The highest BCUT2D eigenvalue weighted by atomic mass is 15.2. The Morgan fingerprint density at radius 1 is 1.16 bits per heavy atom. The van der Waals surface area contributed by atoms with Crippen molar-refractivity contribution in [3.8, 4) is 0 Å². The second kappa shape index (κ2) is 5.37. The predicted molar refractivity (Wildman–Crippen MR) is 81.3 cm³/mol. The molecule has 0 bridgehead atoms. The summed E-state index contributed by atoms with van der Waals surface area (Å²) in [5, 5.41) is 3.61. The van der Waals surface area contributed by atoms with Gasteiger partial charge in [-0.15, -0.1) is 0 Å². The Kier molecular flexibility index (Phi) is 3.92. The lowest BCUT2D eigenvalue weighted by atomic mass is 9.85. The molecule has 0 amide bonds. The molecule has 1 saturated carbocycles. The molecule has 4 unspecified atom stereocenters. The molecule has 3 rings (SSSR count). The van der Waals surface area contributed by atoms with Crippen LogP contribution in [0.1, 0.15) is 59.3 Å². The number of likely N-dealkylation sites (tertiary alicyclic amines) is 1. The van der Waals surface area contributed by atoms with E-state index in [1.807, 2.05) is 0 Å². The molecule has 110 valence electrons. The topological polar surface area (TPSA) is 15.3 Å². The van der Waals surface area contributed by atoms with Crippen molar-refractivity contribution in [3.63, 3.8) is 0 Å². The summed E-state index contributed by atoms with van der Waals surface area (Å²) in [6.45, 7) is 11.3. The minimum atomic E-state index is 0.591. The molecule has 0 radical (unpaired) electrons. The molecule has 0 aromatic carbocycles. The fourth-order valence-electron chi connectivity index (χ4n) is 4.99. The molecule has 2 heteroatoms. The number of fused-ring (bicyclic) bond motifs is 1. The van der Waals surface area contributed by atoms with Gasteiger partial charge in [0.2, 0.25) is 0 Å². The Morgan fingerprint density at radius 2 is 2.00 bits per heavy atom. The van der Waals surface area contributed by atoms with Gasteiger partial charge in [-0.05, 0) is 62.4 Å². The standard InChI is InChI=1S/C17H32N2/c1-4-16-15-11-18-10-13(15)12-19(16)14-6-5-8-17(2,3)9-7-14/h13-16,18H,4-12H2,1-3H3. The molecule has 0 aromatic heterocycles. The van der Waals surface area contributed by atoms with Crippen molar-refractivity contribution in [1.82, 2.24) is 10.2 Å². The molecule has 1 aliphatic carbocycles. The van der Waals surface area contributed by atoms with Gasteiger partial charge in [0.05, 0.1) is 0 Å². The van der Waals surface area contributed by atoms with Crippen molar-refractivity contribution in [3.05, 3.63) is 0 Å². The Morgan fingerprint density at radius 3 is 2.79 bits per heavy atom. The molecule has 1 N–H and O–H groups in total. The van der Waals surface area contributed by atoms with Crippen molar-refractivity contribution in [2.75, 3.05) is 19.6 Å². The summed E-state index contributed by atoms with van der Waals surface area (Å²) in [5.41, 5.74) is 0.591. The first-order chi connectivity index (χ1) is 9.11. The van der Waals surface area contributed by atoms with E-state index < -0.39 is 0 Å². The Labute approximate surface area is 119 Å². The van der Waals surface area contributed by atoms with Crippen molar-refractivity contribution in [2.45, 2.75) is 71.4 Å². The Hall–Kier alpha value is -0.0800. The summed E-state index contributed by atoms with van der Waals surface area (Å²) in [6, 6.07) is 1.75. The number of nitrogens with zero attached hydrogens (tertiary/aromatic N) is 1. The maximum Gasteiger partial charge on any atom is 0.0140 e. The second-order valence-electron chi connectivity index (χ2n) is 8.00. The minimum absolute atomic E-state index is 0.591. The van der Waals surface area contributed by atoms with E-state index in [1.54, 1.807) is 0 Å². The molecule has 0 spiro atoms. The van der Waals surface area contributed by atoms with Gasteiger partial charge < -0.3 is 5.32 Å². The minimum Gasteiger partial charge on any atom is -0.316 e. The van der Waals surface area contributed by atoms with Crippen LogP contribution in [0.5, 0.6) is 0 Å². The summed E-state index contributed by atoms with van der Waals surface area (Å²) < 4.78 is 0. The zero-order valence-corrected chi connectivity index (χ0v) is 13.1. The van der Waals surface area contributed by atoms with Crippen LogP contribution < -0.4 is 5.32 Å². The van der Waals surface area contributed by atoms with Crippen LogP contribution in [0, 0.1) is 17.3 Å². The van der Waals surface area contributed by atoms with Gasteiger partial charge in [-0.3, -0.25) is 4.90 Å². The van der Waals surface area contributed by atoms with Crippen LogP contribution in [-0.4, -0.2) is 36.6 Å². The zero-order chi connectivity index (χ0) is 13.5. The molecule has 0 aromatic rings. The quantitative estimate of drug-likeness (QED) is 0.770. The van der Waals surface area contributed by atoms with Crippen LogP contribution in [0.15, 0.2) is 0 Å². The molecule has 2 heterocycles. The first-order valence-electron chi connectivity index (χ1n) is 8.57. The number of hydrogen-bond donors (Lipinski definition) is 1.